The fourth-order valence-electron chi connectivity index (χ4n) is 3.30. The molecule has 1 aromatic carbocycles. The molecule has 104 valence electrons. The van der Waals surface area contributed by atoms with E-state index < -0.39 is 0 Å². The van der Waals surface area contributed by atoms with Crippen molar-refractivity contribution in [2.24, 2.45) is 0 Å². The average molecular weight is 267 g/mol. The molecule has 0 saturated heterocycles. The summed E-state index contributed by atoms with van der Waals surface area (Å²) in [6, 6.07) is 12.7. The van der Waals surface area contributed by atoms with Crippen molar-refractivity contribution in [1.29, 1.82) is 0 Å². The van der Waals surface area contributed by atoms with Crippen LogP contribution in [0.1, 0.15) is 41.9 Å². The zero-order valence-corrected chi connectivity index (χ0v) is 11.7. The van der Waals surface area contributed by atoms with E-state index in [1.165, 1.54) is 30.4 Å². The Kier molecular flexibility index (Phi) is 4.12. The van der Waals surface area contributed by atoms with Gasteiger partial charge in [0, 0.05) is 12.4 Å². The van der Waals surface area contributed by atoms with Gasteiger partial charge in [-0.05, 0) is 66.8 Å². The molecule has 1 aliphatic rings. The lowest BCUT2D eigenvalue weighted by molar-refractivity contribution is 0.152. The average Bonchev–Trinajstić information content (AvgIpc) is 2.48. The Morgan fingerprint density at radius 3 is 2.80 bits per heavy atom. The number of pyridine rings is 1. The topological polar surface area (TPSA) is 33.1 Å². The number of aliphatic hydroxyl groups is 1. The Morgan fingerprint density at radius 1 is 1.15 bits per heavy atom. The monoisotopic (exact) mass is 267 g/mol. The summed E-state index contributed by atoms with van der Waals surface area (Å²) in [5.74, 6) is 0.511. The van der Waals surface area contributed by atoms with Gasteiger partial charge < -0.3 is 5.11 Å². The second-order valence-corrected chi connectivity index (χ2v) is 5.74. The maximum atomic E-state index is 10.4. The van der Waals surface area contributed by atoms with E-state index in [0.717, 1.165) is 18.4 Å². The highest BCUT2D eigenvalue weighted by molar-refractivity contribution is 5.32. The van der Waals surface area contributed by atoms with Crippen LogP contribution in [-0.4, -0.2) is 16.2 Å². The molecule has 0 fully saturated rings. The van der Waals surface area contributed by atoms with Crippen molar-refractivity contribution in [2.75, 3.05) is 0 Å². The first-order valence-electron chi connectivity index (χ1n) is 7.47. The van der Waals surface area contributed by atoms with Gasteiger partial charge in [0.05, 0.1) is 6.10 Å². The smallest absolute Gasteiger partial charge is 0.0586 e. The number of aromatic nitrogens is 1. The lowest BCUT2D eigenvalue weighted by Crippen LogP contribution is -2.18. The number of nitrogens with zero attached hydrogens (tertiary/aromatic N) is 1. The maximum Gasteiger partial charge on any atom is 0.0586 e. The van der Waals surface area contributed by atoms with Crippen molar-refractivity contribution in [3.8, 4) is 0 Å². The van der Waals surface area contributed by atoms with Gasteiger partial charge >= 0.3 is 0 Å². The number of rotatable bonds is 4. The van der Waals surface area contributed by atoms with E-state index in [4.69, 9.17) is 0 Å². The van der Waals surface area contributed by atoms with Crippen LogP contribution in [-0.2, 0) is 12.8 Å². The first kappa shape index (κ1) is 13.3. The molecule has 3 rings (SSSR count). The molecule has 0 aliphatic heterocycles. The van der Waals surface area contributed by atoms with Crippen LogP contribution < -0.4 is 0 Å². The molecule has 1 heterocycles. The van der Waals surface area contributed by atoms with Crippen LogP contribution in [0.15, 0.2) is 48.8 Å². The van der Waals surface area contributed by atoms with Crippen molar-refractivity contribution < 1.29 is 5.11 Å². The molecule has 20 heavy (non-hydrogen) atoms. The van der Waals surface area contributed by atoms with Crippen LogP contribution in [0, 0.1) is 0 Å². The molecule has 1 N–H and O–H groups in total. The van der Waals surface area contributed by atoms with E-state index in [0.29, 0.717) is 5.92 Å². The minimum atomic E-state index is -0.270. The third kappa shape index (κ3) is 3.07. The van der Waals surface area contributed by atoms with Crippen molar-refractivity contribution in [1.82, 2.24) is 4.98 Å². The van der Waals surface area contributed by atoms with Crippen LogP contribution >= 0.6 is 0 Å². The second kappa shape index (κ2) is 6.19. The molecular formula is C18H21NO. The van der Waals surface area contributed by atoms with Crippen LogP contribution in [0.25, 0.3) is 0 Å². The van der Waals surface area contributed by atoms with Crippen LogP contribution in [0.5, 0.6) is 0 Å². The van der Waals surface area contributed by atoms with E-state index in [1.54, 1.807) is 12.4 Å². The SMILES string of the molecule is OC(Cc1ccncc1)CC1CCCc2ccccc21. The van der Waals surface area contributed by atoms with E-state index >= 15 is 0 Å². The quantitative estimate of drug-likeness (QED) is 0.919. The van der Waals surface area contributed by atoms with Gasteiger partial charge in [0.2, 0.25) is 0 Å². The molecule has 0 saturated carbocycles. The molecule has 2 heteroatoms. The summed E-state index contributed by atoms with van der Waals surface area (Å²) in [5, 5.41) is 10.4. The second-order valence-electron chi connectivity index (χ2n) is 5.74. The number of hydrogen-bond donors (Lipinski definition) is 1. The minimum absolute atomic E-state index is 0.270. The van der Waals surface area contributed by atoms with Crippen molar-refractivity contribution in [2.45, 2.75) is 44.1 Å². The normalized spacial score (nSPS) is 19.4. The number of hydrogen-bond acceptors (Lipinski definition) is 2. The zero-order chi connectivity index (χ0) is 13.8. The van der Waals surface area contributed by atoms with Crippen LogP contribution in [0.3, 0.4) is 0 Å². The predicted octanol–water partition coefficient (Wildman–Crippen LogP) is 3.50. The Labute approximate surface area is 120 Å². The predicted molar refractivity (Wildman–Crippen MR) is 80.7 cm³/mol. The van der Waals surface area contributed by atoms with Gasteiger partial charge in [-0.3, -0.25) is 4.98 Å². The van der Waals surface area contributed by atoms with Gasteiger partial charge in [0.1, 0.15) is 0 Å². The number of benzene rings is 1. The van der Waals surface area contributed by atoms with Crippen LogP contribution in [0.2, 0.25) is 0 Å². The summed E-state index contributed by atoms with van der Waals surface area (Å²) in [6.07, 6.45) is 8.52. The van der Waals surface area contributed by atoms with Crippen molar-refractivity contribution in [3.05, 3.63) is 65.5 Å². The Hall–Kier alpha value is -1.67. The summed E-state index contributed by atoms with van der Waals surface area (Å²) in [7, 11) is 0. The molecule has 2 aromatic rings. The molecular weight excluding hydrogens is 246 g/mol. The maximum absolute atomic E-state index is 10.4. The highest BCUT2D eigenvalue weighted by Crippen LogP contribution is 2.34. The molecule has 2 nitrogen and oxygen atoms in total. The zero-order valence-electron chi connectivity index (χ0n) is 11.7. The summed E-state index contributed by atoms with van der Waals surface area (Å²) in [5.41, 5.74) is 4.09. The van der Waals surface area contributed by atoms with Gasteiger partial charge in [-0.25, -0.2) is 0 Å². The van der Waals surface area contributed by atoms with Gasteiger partial charge in [-0.1, -0.05) is 24.3 Å². The fraction of sp³-hybridized carbons (Fsp3) is 0.389. The molecule has 0 bridgehead atoms. The first-order valence-corrected chi connectivity index (χ1v) is 7.47. The summed E-state index contributed by atoms with van der Waals surface area (Å²) in [4.78, 5) is 4.02. The third-order valence-electron chi connectivity index (χ3n) is 4.27. The lowest BCUT2D eigenvalue weighted by atomic mass is 9.79. The van der Waals surface area contributed by atoms with Crippen molar-refractivity contribution >= 4 is 0 Å². The minimum Gasteiger partial charge on any atom is -0.393 e. The highest BCUT2D eigenvalue weighted by Gasteiger charge is 2.22. The number of fused-ring (bicyclic) bond motifs is 1. The summed E-state index contributed by atoms with van der Waals surface area (Å²) in [6.45, 7) is 0. The van der Waals surface area contributed by atoms with E-state index in [9.17, 15) is 5.11 Å². The van der Waals surface area contributed by atoms with E-state index in [2.05, 4.69) is 29.2 Å². The van der Waals surface area contributed by atoms with Gasteiger partial charge in [0.25, 0.3) is 0 Å². The molecule has 0 radical (unpaired) electrons. The largest absolute Gasteiger partial charge is 0.393 e. The molecule has 2 unspecified atom stereocenters. The Morgan fingerprint density at radius 2 is 1.95 bits per heavy atom. The molecule has 0 spiro atoms. The van der Waals surface area contributed by atoms with Gasteiger partial charge in [-0.15, -0.1) is 0 Å². The third-order valence-corrected chi connectivity index (χ3v) is 4.27. The summed E-state index contributed by atoms with van der Waals surface area (Å²) >= 11 is 0. The Bertz CT molecular complexity index is 552. The lowest BCUT2D eigenvalue weighted by Gasteiger charge is -2.27. The molecule has 1 aliphatic carbocycles. The van der Waals surface area contributed by atoms with E-state index in [1.807, 2.05) is 12.1 Å². The number of aryl methyl sites for hydroxylation is 1. The fourth-order valence-corrected chi connectivity index (χ4v) is 3.30. The number of aliphatic hydroxyl groups excluding tert-OH is 1. The van der Waals surface area contributed by atoms with Crippen molar-refractivity contribution in [3.63, 3.8) is 0 Å². The molecule has 1 aromatic heterocycles. The first-order chi connectivity index (χ1) is 9.83. The standard InChI is InChI=1S/C18H21NO/c20-17(12-14-8-10-19-11-9-14)13-16-6-3-5-15-4-1-2-7-18(15)16/h1-2,4,7-11,16-17,20H,3,5-6,12-13H2. The van der Waals surface area contributed by atoms with Gasteiger partial charge in [0.15, 0.2) is 0 Å². The van der Waals surface area contributed by atoms with Crippen LogP contribution in [0.4, 0.5) is 0 Å². The van der Waals surface area contributed by atoms with Gasteiger partial charge in [-0.2, -0.15) is 0 Å². The Balaban J connectivity index is 1.66. The highest BCUT2D eigenvalue weighted by atomic mass is 16.3. The summed E-state index contributed by atoms with van der Waals surface area (Å²) < 4.78 is 0. The molecule has 2 atom stereocenters. The van der Waals surface area contributed by atoms with E-state index in [-0.39, 0.29) is 6.10 Å². The molecule has 0 amide bonds.